The largest absolute Gasteiger partial charge is 0.469 e. The average molecular weight is 285 g/mol. The standard InChI is InChI=1S/C14H27N3O3/c1-3-9-17(12-6-8-15-10-12)11-13(18)16-7-4-5-14(19)20-2/h12,15H,3-11H2,1-2H3,(H,16,18). The lowest BCUT2D eigenvalue weighted by atomic mass is 10.2. The van der Waals surface area contributed by atoms with E-state index >= 15 is 0 Å². The molecule has 0 aliphatic carbocycles. The molecule has 0 bridgehead atoms. The topological polar surface area (TPSA) is 70.7 Å². The van der Waals surface area contributed by atoms with E-state index in [9.17, 15) is 9.59 Å². The second-order valence-electron chi connectivity index (χ2n) is 5.15. The molecule has 1 atom stereocenters. The number of amides is 1. The molecule has 6 heteroatoms. The summed E-state index contributed by atoms with van der Waals surface area (Å²) in [7, 11) is 1.37. The number of ether oxygens (including phenoxy) is 1. The maximum absolute atomic E-state index is 11.9. The molecule has 1 heterocycles. The molecule has 20 heavy (non-hydrogen) atoms. The molecule has 0 aromatic carbocycles. The van der Waals surface area contributed by atoms with Crippen LogP contribution >= 0.6 is 0 Å². The van der Waals surface area contributed by atoms with E-state index < -0.39 is 0 Å². The summed E-state index contributed by atoms with van der Waals surface area (Å²) in [6, 6.07) is 0.468. The number of carbonyl (C=O) groups is 2. The number of esters is 1. The Bertz CT molecular complexity index is 304. The Hall–Kier alpha value is -1.14. The minimum Gasteiger partial charge on any atom is -0.469 e. The zero-order chi connectivity index (χ0) is 14.8. The van der Waals surface area contributed by atoms with Crippen molar-refractivity contribution in [2.24, 2.45) is 0 Å². The molecule has 2 N–H and O–H groups in total. The van der Waals surface area contributed by atoms with Crippen LogP contribution in [-0.2, 0) is 14.3 Å². The summed E-state index contributed by atoms with van der Waals surface area (Å²) < 4.78 is 4.55. The molecule has 1 aliphatic rings. The molecular weight excluding hydrogens is 258 g/mol. The Morgan fingerprint density at radius 3 is 2.85 bits per heavy atom. The number of nitrogens with one attached hydrogen (secondary N) is 2. The Morgan fingerprint density at radius 1 is 1.45 bits per heavy atom. The van der Waals surface area contributed by atoms with Gasteiger partial charge in [0.25, 0.3) is 0 Å². The molecule has 0 aromatic rings. The number of hydrogen-bond acceptors (Lipinski definition) is 5. The molecule has 0 saturated carbocycles. The maximum atomic E-state index is 11.9. The molecule has 1 rings (SSSR count). The summed E-state index contributed by atoms with van der Waals surface area (Å²) in [6.07, 6.45) is 3.13. The van der Waals surface area contributed by atoms with E-state index in [1.165, 1.54) is 7.11 Å². The van der Waals surface area contributed by atoms with Gasteiger partial charge in [-0.1, -0.05) is 6.92 Å². The van der Waals surface area contributed by atoms with Crippen LogP contribution in [0.5, 0.6) is 0 Å². The molecular formula is C14H27N3O3. The first-order chi connectivity index (χ1) is 9.67. The van der Waals surface area contributed by atoms with Crippen molar-refractivity contribution in [2.45, 2.75) is 38.6 Å². The minimum absolute atomic E-state index is 0.0372. The first-order valence-electron chi connectivity index (χ1n) is 7.45. The van der Waals surface area contributed by atoms with Crippen LogP contribution in [0.2, 0.25) is 0 Å². The Kier molecular flexibility index (Phi) is 8.22. The molecule has 116 valence electrons. The quantitative estimate of drug-likeness (QED) is 0.465. The Balaban J connectivity index is 2.22. The molecule has 1 saturated heterocycles. The van der Waals surface area contributed by atoms with Crippen molar-refractivity contribution in [2.75, 3.05) is 39.8 Å². The summed E-state index contributed by atoms with van der Waals surface area (Å²) in [5.41, 5.74) is 0. The second-order valence-corrected chi connectivity index (χ2v) is 5.15. The van der Waals surface area contributed by atoms with Crippen molar-refractivity contribution in [3.63, 3.8) is 0 Å². The number of hydrogen-bond donors (Lipinski definition) is 2. The van der Waals surface area contributed by atoms with Gasteiger partial charge in [-0.15, -0.1) is 0 Å². The first-order valence-corrected chi connectivity index (χ1v) is 7.45. The third-order valence-corrected chi connectivity index (χ3v) is 3.52. The van der Waals surface area contributed by atoms with Gasteiger partial charge in [0.1, 0.15) is 0 Å². The van der Waals surface area contributed by atoms with E-state index in [2.05, 4.69) is 27.2 Å². The van der Waals surface area contributed by atoms with Crippen molar-refractivity contribution in [1.29, 1.82) is 0 Å². The van der Waals surface area contributed by atoms with Crippen LogP contribution in [0.4, 0.5) is 0 Å². The average Bonchev–Trinajstić information content (AvgIpc) is 2.97. The monoisotopic (exact) mass is 285 g/mol. The Labute approximate surface area is 121 Å². The molecule has 1 unspecified atom stereocenters. The van der Waals surface area contributed by atoms with Gasteiger partial charge in [0.2, 0.25) is 5.91 Å². The zero-order valence-corrected chi connectivity index (χ0v) is 12.6. The highest BCUT2D eigenvalue weighted by atomic mass is 16.5. The van der Waals surface area contributed by atoms with Crippen molar-refractivity contribution >= 4 is 11.9 Å². The third-order valence-electron chi connectivity index (χ3n) is 3.52. The third kappa shape index (κ3) is 6.34. The lowest BCUT2D eigenvalue weighted by Gasteiger charge is -2.27. The number of rotatable bonds is 9. The summed E-state index contributed by atoms with van der Waals surface area (Å²) >= 11 is 0. The lowest BCUT2D eigenvalue weighted by molar-refractivity contribution is -0.140. The van der Waals surface area contributed by atoms with Crippen molar-refractivity contribution < 1.29 is 14.3 Å². The van der Waals surface area contributed by atoms with Crippen LogP contribution in [0, 0.1) is 0 Å². The predicted octanol–water partition coefficient (Wildman–Crippen LogP) is 0.130. The highest BCUT2D eigenvalue weighted by molar-refractivity contribution is 5.78. The van der Waals surface area contributed by atoms with E-state index in [1.807, 2.05) is 0 Å². The lowest BCUT2D eigenvalue weighted by Crippen LogP contribution is -2.44. The normalized spacial score (nSPS) is 18.2. The fraction of sp³-hybridized carbons (Fsp3) is 0.857. The van der Waals surface area contributed by atoms with Gasteiger partial charge in [-0.05, 0) is 32.4 Å². The van der Waals surface area contributed by atoms with Crippen LogP contribution in [0.1, 0.15) is 32.6 Å². The van der Waals surface area contributed by atoms with Crippen LogP contribution in [0.15, 0.2) is 0 Å². The number of methoxy groups -OCH3 is 1. The van der Waals surface area contributed by atoms with Gasteiger partial charge in [0, 0.05) is 25.6 Å². The SMILES string of the molecule is CCCN(CC(=O)NCCCC(=O)OC)C1CCNC1. The molecule has 1 fully saturated rings. The minimum atomic E-state index is -0.233. The van der Waals surface area contributed by atoms with E-state index in [0.717, 1.165) is 32.5 Å². The smallest absolute Gasteiger partial charge is 0.305 e. The van der Waals surface area contributed by atoms with E-state index in [0.29, 0.717) is 32.0 Å². The molecule has 1 amide bonds. The van der Waals surface area contributed by atoms with Gasteiger partial charge in [-0.2, -0.15) is 0 Å². The van der Waals surface area contributed by atoms with Crippen molar-refractivity contribution in [3.8, 4) is 0 Å². The van der Waals surface area contributed by atoms with Gasteiger partial charge >= 0.3 is 5.97 Å². The zero-order valence-electron chi connectivity index (χ0n) is 12.6. The van der Waals surface area contributed by atoms with Gasteiger partial charge < -0.3 is 15.4 Å². The molecule has 6 nitrogen and oxygen atoms in total. The molecule has 0 aromatic heterocycles. The van der Waals surface area contributed by atoms with E-state index in [-0.39, 0.29) is 11.9 Å². The van der Waals surface area contributed by atoms with Gasteiger partial charge in [-0.3, -0.25) is 14.5 Å². The van der Waals surface area contributed by atoms with Crippen molar-refractivity contribution in [1.82, 2.24) is 15.5 Å². The van der Waals surface area contributed by atoms with Crippen molar-refractivity contribution in [3.05, 3.63) is 0 Å². The summed E-state index contributed by atoms with van der Waals surface area (Å²) in [5, 5.41) is 6.20. The van der Waals surface area contributed by atoms with Crippen LogP contribution in [0.3, 0.4) is 0 Å². The maximum Gasteiger partial charge on any atom is 0.305 e. The predicted molar refractivity (Wildman–Crippen MR) is 77.4 cm³/mol. The van der Waals surface area contributed by atoms with Gasteiger partial charge in [0.15, 0.2) is 0 Å². The first kappa shape index (κ1) is 16.9. The Morgan fingerprint density at radius 2 is 2.25 bits per heavy atom. The molecule has 0 spiro atoms. The fourth-order valence-corrected chi connectivity index (χ4v) is 2.43. The number of nitrogens with zero attached hydrogens (tertiary/aromatic N) is 1. The summed E-state index contributed by atoms with van der Waals surface area (Å²) in [4.78, 5) is 25.1. The summed E-state index contributed by atoms with van der Waals surface area (Å²) in [6.45, 7) is 6.04. The second kappa shape index (κ2) is 9.72. The fourth-order valence-electron chi connectivity index (χ4n) is 2.43. The molecule has 0 radical (unpaired) electrons. The highest BCUT2D eigenvalue weighted by Crippen LogP contribution is 2.08. The van der Waals surface area contributed by atoms with E-state index in [4.69, 9.17) is 0 Å². The highest BCUT2D eigenvalue weighted by Gasteiger charge is 2.23. The van der Waals surface area contributed by atoms with Gasteiger partial charge in [0.05, 0.1) is 13.7 Å². The van der Waals surface area contributed by atoms with Crippen LogP contribution in [0.25, 0.3) is 0 Å². The van der Waals surface area contributed by atoms with Crippen LogP contribution < -0.4 is 10.6 Å². The number of carbonyl (C=O) groups excluding carboxylic acids is 2. The van der Waals surface area contributed by atoms with Crippen LogP contribution in [-0.4, -0.2) is 62.7 Å². The van der Waals surface area contributed by atoms with Gasteiger partial charge in [-0.25, -0.2) is 0 Å². The molecule has 1 aliphatic heterocycles. The summed E-state index contributed by atoms with van der Waals surface area (Å²) in [5.74, 6) is -0.195. The van der Waals surface area contributed by atoms with E-state index in [1.54, 1.807) is 0 Å².